The van der Waals surface area contributed by atoms with Crippen molar-refractivity contribution in [1.82, 2.24) is 14.7 Å². The molecule has 0 spiro atoms. The fourth-order valence-electron chi connectivity index (χ4n) is 3.89. The molecule has 2 heterocycles. The molecule has 0 saturated carbocycles. The van der Waals surface area contributed by atoms with E-state index in [4.69, 9.17) is 0 Å². The summed E-state index contributed by atoms with van der Waals surface area (Å²) in [4.78, 5) is 19.4. The van der Waals surface area contributed by atoms with Crippen molar-refractivity contribution >= 4 is 17.7 Å². The Labute approximate surface area is 170 Å². The smallest absolute Gasteiger partial charge is 0.237 e. The first kappa shape index (κ1) is 19.4. The van der Waals surface area contributed by atoms with Crippen LogP contribution < -0.4 is 0 Å². The maximum absolute atomic E-state index is 14.2. The van der Waals surface area contributed by atoms with Crippen LogP contribution in [-0.4, -0.2) is 65.6 Å². The summed E-state index contributed by atoms with van der Waals surface area (Å²) in [5.41, 5.74) is 1.94. The fraction of sp³-hybridized carbons (Fsp3) is 0.409. The zero-order valence-corrected chi connectivity index (χ0v) is 16.8. The van der Waals surface area contributed by atoms with Gasteiger partial charge < -0.3 is 4.90 Å². The summed E-state index contributed by atoms with van der Waals surface area (Å²) in [7, 11) is 0. The molecule has 4 nitrogen and oxygen atoms in total. The highest BCUT2D eigenvalue weighted by Crippen LogP contribution is 2.38. The maximum Gasteiger partial charge on any atom is 0.237 e. The summed E-state index contributed by atoms with van der Waals surface area (Å²) in [5.74, 6) is 0.735. The highest BCUT2D eigenvalue weighted by Gasteiger charge is 2.33. The number of hydrogen-bond donors (Lipinski definition) is 0. The van der Waals surface area contributed by atoms with Gasteiger partial charge in [-0.15, -0.1) is 11.8 Å². The monoisotopic (exact) mass is 399 g/mol. The lowest BCUT2D eigenvalue weighted by atomic mass is 10.2. The summed E-state index contributed by atoms with van der Waals surface area (Å²) in [6, 6.07) is 17.3. The minimum absolute atomic E-state index is 0.106. The van der Waals surface area contributed by atoms with Crippen LogP contribution >= 0.6 is 11.8 Å². The summed E-state index contributed by atoms with van der Waals surface area (Å²) >= 11 is 1.65. The second-order valence-electron chi connectivity index (χ2n) is 7.37. The number of rotatable bonds is 5. The van der Waals surface area contributed by atoms with Crippen LogP contribution in [0.3, 0.4) is 0 Å². The van der Waals surface area contributed by atoms with Crippen molar-refractivity contribution in [2.24, 2.45) is 0 Å². The summed E-state index contributed by atoms with van der Waals surface area (Å²) in [6.07, 6.45) is 0. The van der Waals surface area contributed by atoms with Crippen molar-refractivity contribution in [2.75, 3.05) is 45.0 Å². The van der Waals surface area contributed by atoms with Crippen molar-refractivity contribution in [3.63, 3.8) is 0 Å². The Balaban J connectivity index is 1.30. The Kier molecular flexibility index (Phi) is 6.29. The van der Waals surface area contributed by atoms with E-state index in [1.807, 2.05) is 17.0 Å². The van der Waals surface area contributed by atoms with E-state index >= 15 is 0 Å². The minimum atomic E-state index is -0.228. The van der Waals surface area contributed by atoms with Crippen LogP contribution in [0.5, 0.6) is 0 Å². The first-order valence-electron chi connectivity index (χ1n) is 9.85. The SMILES string of the molecule is O=C(CN1CCN(Cc2ccccc2)CC1)N1CCS[C@H]1c1ccccc1F. The number of benzene rings is 2. The average Bonchev–Trinajstić information content (AvgIpc) is 3.20. The molecular formula is C22H26FN3OS. The Bertz CT molecular complexity index is 795. The maximum atomic E-state index is 14.2. The first-order valence-corrected chi connectivity index (χ1v) is 10.9. The molecule has 0 bridgehead atoms. The lowest BCUT2D eigenvalue weighted by Crippen LogP contribution is -2.49. The topological polar surface area (TPSA) is 26.8 Å². The number of thioether (sulfide) groups is 1. The molecule has 1 amide bonds. The van der Waals surface area contributed by atoms with Crippen molar-refractivity contribution in [3.8, 4) is 0 Å². The van der Waals surface area contributed by atoms with Gasteiger partial charge in [0.2, 0.25) is 5.91 Å². The van der Waals surface area contributed by atoms with E-state index in [1.165, 1.54) is 11.6 Å². The second kappa shape index (κ2) is 9.07. The van der Waals surface area contributed by atoms with Crippen LogP contribution in [0, 0.1) is 5.82 Å². The molecule has 28 heavy (non-hydrogen) atoms. The zero-order chi connectivity index (χ0) is 19.3. The summed E-state index contributed by atoms with van der Waals surface area (Å²) < 4.78 is 14.2. The molecule has 0 aliphatic carbocycles. The van der Waals surface area contributed by atoms with Gasteiger partial charge in [-0.3, -0.25) is 14.6 Å². The van der Waals surface area contributed by atoms with E-state index < -0.39 is 0 Å². The van der Waals surface area contributed by atoms with E-state index in [2.05, 4.69) is 34.1 Å². The largest absolute Gasteiger partial charge is 0.325 e. The quantitative estimate of drug-likeness (QED) is 0.771. The number of hydrogen-bond acceptors (Lipinski definition) is 4. The van der Waals surface area contributed by atoms with Crippen LogP contribution in [0.4, 0.5) is 4.39 Å². The van der Waals surface area contributed by atoms with Crippen molar-refractivity contribution in [1.29, 1.82) is 0 Å². The molecule has 2 aliphatic heterocycles. The number of carbonyl (C=O) groups is 1. The standard InChI is InChI=1S/C22H26FN3OS/c23-20-9-5-4-8-19(20)22-26(14-15-28-22)21(27)17-25-12-10-24(11-13-25)16-18-6-2-1-3-7-18/h1-9,22H,10-17H2/t22-/m0/s1. The van der Waals surface area contributed by atoms with Crippen molar-refractivity contribution in [3.05, 3.63) is 71.5 Å². The number of amides is 1. The van der Waals surface area contributed by atoms with Gasteiger partial charge in [0.05, 0.1) is 6.54 Å². The zero-order valence-electron chi connectivity index (χ0n) is 16.0. The second-order valence-corrected chi connectivity index (χ2v) is 8.56. The summed E-state index contributed by atoms with van der Waals surface area (Å²) in [6.45, 7) is 5.79. The molecule has 148 valence electrons. The third kappa shape index (κ3) is 4.57. The van der Waals surface area contributed by atoms with E-state index in [0.717, 1.165) is 38.5 Å². The molecule has 2 aliphatic rings. The van der Waals surface area contributed by atoms with Gasteiger partial charge >= 0.3 is 0 Å². The van der Waals surface area contributed by atoms with Gasteiger partial charge in [0.15, 0.2) is 0 Å². The van der Waals surface area contributed by atoms with Crippen LogP contribution in [0.1, 0.15) is 16.5 Å². The van der Waals surface area contributed by atoms with Gasteiger partial charge in [0.25, 0.3) is 0 Å². The van der Waals surface area contributed by atoms with E-state index in [9.17, 15) is 9.18 Å². The highest BCUT2D eigenvalue weighted by atomic mass is 32.2. The Morgan fingerprint density at radius 1 is 0.929 bits per heavy atom. The predicted octanol–water partition coefficient (Wildman–Crippen LogP) is 3.22. The van der Waals surface area contributed by atoms with Crippen molar-refractivity contribution < 1.29 is 9.18 Å². The van der Waals surface area contributed by atoms with Gasteiger partial charge in [-0.2, -0.15) is 0 Å². The van der Waals surface area contributed by atoms with Gasteiger partial charge in [-0.25, -0.2) is 4.39 Å². The van der Waals surface area contributed by atoms with Crippen molar-refractivity contribution in [2.45, 2.75) is 11.9 Å². The van der Waals surface area contributed by atoms with Crippen LogP contribution in [0.2, 0.25) is 0 Å². The van der Waals surface area contributed by atoms with Crippen LogP contribution in [-0.2, 0) is 11.3 Å². The number of nitrogens with zero attached hydrogens (tertiary/aromatic N) is 3. The number of halogens is 1. The molecule has 2 fully saturated rings. The lowest BCUT2D eigenvalue weighted by Gasteiger charge is -2.35. The molecule has 0 aromatic heterocycles. The first-order chi connectivity index (χ1) is 13.7. The van der Waals surface area contributed by atoms with E-state index in [1.54, 1.807) is 23.9 Å². The molecule has 0 radical (unpaired) electrons. The van der Waals surface area contributed by atoms with E-state index in [-0.39, 0.29) is 17.1 Å². The number of piperazine rings is 1. The molecule has 0 N–H and O–H groups in total. The third-order valence-electron chi connectivity index (χ3n) is 5.46. The lowest BCUT2D eigenvalue weighted by molar-refractivity contribution is -0.133. The van der Waals surface area contributed by atoms with Crippen LogP contribution in [0.15, 0.2) is 54.6 Å². The average molecular weight is 400 g/mol. The highest BCUT2D eigenvalue weighted by molar-refractivity contribution is 7.99. The van der Waals surface area contributed by atoms with Gasteiger partial charge in [0.1, 0.15) is 11.2 Å². The van der Waals surface area contributed by atoms with Gasteiger partial charge in [-0.1, -0.05) is 48.5 Å². The number of carbonyl (C=O) groups excluding carboxylic acids is 1. The molecule has 4 rings (SSSR count). The fourth-order valence-corrected chi connectivity index (χ4v) is 5.19. The Hall–Kier alpha value is -1.89. The molecule has 2 saturated heterocycles. The molecule has 0 unspecified atom stereocenters. The molecule has 6 heteroatoms. The summed E-state index contributed by atoms with van der Waals surface area (Å²) in [5, 5.41) is -0.201. The van der Waals surface area contributed by atoms with Gasteiger partial charge in [0, 0.05) is 50.6 Å². The third-order valence-corrected chi connectivity index (χ3v) is 6.70. The molecular weight excluding hydrogens is 373 g/mol. The van der Waals surface area contributed by atoms with Gasteiger partial charge in [-0.05, 0) is 11.6 Å². The minimum Gasteiger partial charge on any atom is -0.325 e. The Morgan fingerprint density at radius 2 is 1.61 bits per heavy atom. The molecule has 2 aromatic carbocycles. The van der Waals surface area contributed by atoms with Crippen LogP contribution in [0.25, 0.3) is 0 Å². The predicted molar refractivity (Wildman–Crippen MR) is 111 cm³/mol. The Morgan fingerprint density at radius 3 is 2.36 bits per heavy atom. The normalized spacial score (nSPS) is 21.2. The van der Waals surface area contributed by atoms with E-state index in [0.29, 0.717) is 18.7 Å². The molecule has 2 aromatic rings. The molecule has 1 atom stereocenters.